The van der Waals surface area contributed by atoms with E-state index in [-0.39, 0.29) is 29.8 Å². The molecule has 1 saturated carbocycles. The number of fused-ring (bicyclic) bond motifs is 1. The molecule has 2 saturated heterocycles. The van der Waals surface area contributed by atoms with Gasteiger partial charge in [-0.25, -0.2) is 17.8 Å². The normalized spacial score (nSPS) is 31.8. The molecule has 0 aromatic carbocycles. The summed E-state index contributed by atoms with van der Waals surface area (Å²) in [6, 6.07) is 2.54. The van der Waals surface area contributed by atoms with Crippen molar-refractivity contribution in [2.45, 2.75) is 49.2 Å². The standard InChI is InChI=1S/C15H19FN2O4S/c16-11-3-1-7-17-15(11)22-13-9-18(23(19,20)10-5-6-10)12-4-2-8-21-14(12)13/h1,3,7,10,12-14H,2,4-6,8-9H2/t12-,13-,14+/m1/s1. The molecule has 0 N–H and O–H groups in total. The number of rotatable bonds is 4. The predicted molar refractivity (Wildman–Crippen MR) is 80.0 cm³/mol. The summed E-state index contributed by atoms with van der Waals surface area (Å²) in [5, 5.41) is -0.268. The minimum absolute atomic E-state index is 0.101. The van der Waals surface area contributed by atoms with E-state index in [1.165, 1.54) is 22.6 Å². The fourth-order valence-electron chi connectivity index (χ4n) is 3.42. The van der Waals surface area contributed by atoms with Crippen LogP contribution >= 0.6 is 0 Å². The van der Waals surface area contributed by atoms with Gasteiger partial charge in [0.2, 0.25) is 10.0 Å². The number of ether oxygens (including phenoxy) is 2. The maximum Gasteiger partial charge on any atom is 0.250 e. The van der Waals surface area contributed by atoms with Crippen molar-refractivity contribution in [2.24, 2.45) is 0 Å². The number of hydrogen-bond donors (Lipinski definition) is 0. The lowest BCUT2D eigenvalue weighted by atomic mass is 10.0. The van der Waals surface area contributed by atoms with Gasteiger partial charge in [-0.3, -0.25) is 0 Å². The van der Waals surface area contributed by atoms with Crippen LogP contribution in [0.3, 0.4) is 0 Å². The van der Waals surface area contributed by atoms with Crippen molar-refractivity contribution >= 4 is 10.0 Å². The Morgan fingerprint density at radius 1 is 1.35 bits per heavy atom. The highest BCUT2D eigenvalue weighted by Gasteiger charge is 2.53. The van der Waals surface area contributed by atoms with E-state index >= 15 is 0 Å². The molecule has 3 fully saturated rings. The van der Waals surface area contributed by atoms with Crippen LogP contribution in [0.2, 0.25) is 0 Å². The molecule has 3 aliphatic rings. The number of hydrogen-bond acceptors (Lipinski definition) is 5. The Morgan fingerprint density at radius 2 is 2.17 bits per heavy atom. The molecule has 0 radical (unpaired) electrons. The Kier molecular flexibility index (Phi) is 3.78. The lowest BCUT2D eigenvalue weighted by molar-refractivity contribution is -0.0434. The van der Waals surface area contributed by atoms with Crippen LogP contribution in [0.4, 0.5) is 4.39 Å². The molecule has 4 rings (SSSR count). The van der Waals surface area contributed by atoms with Crippen molar-refractivity contribution in [3.8, 4) is 5.88 Å². The molecule has 0 amide bonds. The van der Waals surface area contributed by atoms with Gasteiger partial charge in [0.15, 0.2) is 5.82 Å². The summed E-state index contributed by atoms with van der Waals surface area (Å²) >= 11 is 0. The molecule has 0 spiro atoms. The Labute approximate surface area is 134 Å². The van der Waals surface area contributed by atoms with Gasteiger partial charge in [-0.1, -0.05) is 0 Å². The van der Waals surface area contributed by atoms with Crippen molar-refractivity contribution in [3.63, 3.8) is 0 Å². The molecule has 3 atom stereocenters. The largest absolute Gasteiger partial charge is 0.468 e. The molecule has 1 aromatic heterocycles. The first-order valence-corrected chi connectivity index (χ1v) is 9.47. The molecule has 126 valence electrons. The second kappa shape index (κ2) is 5.68. The third kappa shape index (κ3) is 2.72. The highest BCUT2D eigenvalue weighted by atomic mass is 32.2. The van der Waals surface area contributed by atoms with Crippen molar-refractivity contribution in [1.29, 1.82) is 0 Å². The Balaban J connectivity index is 1.59. The Hall–Kier alpha value is -1.25. The summed E-state index contributed by atoms with van der Waals surface area (Å²) in [7, 11) is -3.31. The average molecular weight is 342 g/mol. The zero-order chi connectivity index (χ0) is 16.0. The van der Waals surface area contributed by atoms with Crippen LogP contribution in [-0.2, 0) is 14.8 Å². The van der Waals surface area contributed by atoms with E-state index in [2.05, 4.69) is 4.98 Å². The first kappa shape index (κ1) is 15.3. The van der Waals surface area contributed by atoms with E-state index in [0.29, 0.717) is 6.61 Å². The van der Waals surface area contributed by atoms with E-state index < -0.39 is 21.9 Å². The highest BCUT2D eigenvalue weighted by Crippen LogP contribution is 2.39. The summed E-state index contributed by atoms with van der Waals surface area (Å²) in [4.78, 5) is 3.89. The van der Waals surface area contributed by atoms with E-state index in [9.17, 15) is 12.8 Å². The van der Waals surface area contributed by atoms with Gasteiger partial charge in [0.05, 0.1) is 17.8 Å². The molecule has 0 bridgehead atoms. The van der Waals surface area contributed by atoms with Crippen molar-refractivity contribution < 1.29 is 22.3 Å². The van der Waals surface area contributed by atoms with Crippen LogP contribution in [0.25, 0.3) is 0 Å². The van der Waals surface area contributed by atoms with E-state index in [0.717, 1.165) is 25.7 Å². The van der Waals surface area contributed by atoms with Crippen LogP contribution in [0.1, 0.15) is 25.7 Å². The molecule has 8 heteroatoms. The molecule has 2 aliphatic heterocycles. The maximum atomic E-state index is 13.8. The van der Waals surface area contributed by atoms with Crippen LogP contribution in [0.15, 0.2) is 18.3 Å². The number of sulfonamides is 1. The summed E-state index contributed by atoms with van der Waals surface area (Å²) < 4.78 is 52.0. The Morgan fingerprint density at radius 3 is 2.91 bits per heavy atom. The topological polar surface area (TPSA) is 68.7 Å². The second-order valence-corrected chi connectivity index (χ2v) is 8.47. The lowest BCUT2D eigenvalue weighted by Gasteiger charge is -2.31. The van der Waals surface area contributed by atoms with Gasteiger partial charge >= 0.3 is 0 Å². The van der Waals surface area contributed by atoms with Gasteiger partial charge in [-0.2, -0.15) is 4.31 Å². The predicted octanol–water partition coefficient (Wildman–Crippen LogP) is 1.32. The number of pyridine rings is 1. The van der Waals surface area contributed by atoms with Crippen molar-refractivity contribution in [1.82, 2.24) is 9.29 Å². The summed E-state index contributed by atoms with van der Waals surface area (Å²) in [6.07, 6.45) is 3.57. The van der Waals surface area contributed by atoms with Gasteiger partial charge in [0.25, 0.3) is 5.88 Å². The molecule has 0 unspecified atom stereocenters. The first-order valence-electron chi connectivity index (χ1n) is 7.97. The molecule has 6 nitrogen and oxygen atoms in total. The summed E-state index contributed by atoms with van der Waals surface area (Å²) in [5.74, 6) is -0.653. The van der Waals surface area contributed by atoms with Gasteiger partial charge in [0.1, 0.15) is 12.2 Å². The second-order valence-electron chi connectivity index (χ2n) is 6.31. The van der Waals surface area contributed by atoms with Crippen LogP contribution in [-0.4, -0.2) is 54.4 Å². The zero-order valence-corrected chi connectivity index (χ0v) is 13.4. The quantitative estimate of drug-likeness (QED) is 0.826. The minimum Gasteiger partial charge on any atom is -0.468 e. The molecule has 1 aliphatic carbocycles. The molecular weight excluding hydrogens is 323 g/mol. The van der Waals surface area contributed by atoms with E-state index in [1.807, 2.05) is 0 Å². The SMILES string of the molecule is O=S(=O)(C1CC1)N1C[C@@H](Oc2ncccc2F)[C@H]2OCCC[C@H]21. The number of nitrogens with zero attached hydrogens (tertiary/aromatic N) is 2. The lowest BCUT2D eigenvalue weighted by Crippen LogP contribution is -2.45. The molecular formula is C15H19FN2O4S. The van der Waals surface area contributed by atoms with Gasteiger partial charge in [0, 0.05) is 12.8 Å². The monoisotopic (exact) mass is 342 g/mol. The molecule has 1 aromatic rings. The molecule has 3 heterocycles. The first-order chi connectivity index (χ1) is 11.1. The van der Waals surface area contributed by atoms with Crippen LogP contribution < -0.4 is 4.74 Å². The van der Waals surface area contributed by atoms with Crippen LogP contribution in [0.5, 0.6) is 5.88 Å². The third-order valence-electron chi connectivity index (χ3n) is 4.69. The molecule has 23 heavy (non-hydrogen) atoms. The highest BCUT2D eigenvalue weighted by molar-refractivity contribution is 7.90. The minimum atomic E-state index is -3.31. The average Bonchev–Trinajstić information content (AvgIpc) is 3.34. The van der Waals surface area contributed by atoms with Crippen LogP contribution in [0, 0.1) is 5.82 Å². The third-order valence-corrected chi connectivity index (χ3v) is 7.08. The fraction of sp³-hybridized carbons (Fsp3) is 0.667. The Bertz CT molecular complexity index is 694. The zero-order valence-electron chi connectivity index (χ0n) is 12.6. The number of aromatic nitrogens is 1. The number of halogens is 1. The summed E-state index contributed by atoms with van der Waals surface area (Å²) in [6.45, 7) is 0.771. The van der Waals surface area contributed by atoms with Crippen molar-refractivity contribution in [2.75, 3.05) is 13.2 Å². The maximum absolute atomic E-state index is 13.8. The fourth-order valence-corrected chi connectivity index (χ4v) is 5.49. The summed E-state index contributed by atoms with van der Waals surface area (Å²) in [5.41, 5.74) is 0. The van der Waals surface area contributed by atoms with Crippen molar-refractivity contribution in [3.05, 3.63) is 24.1 Å². The van der Waals surface area contributed by atoms with Gasteiger partial charge in [-0.15, -0.1) is 0 Å². The van der Waals surface area contributed by atoms with Gasteiger partial charge in [-0.05, 0) is 37.8 Å². The van der Waals surface area contributed by atoms with E-state index in [1.54, 1.807) is 0 Å². The van der Waals surface area contributed by atoms with E-state index in [4.69, 9.17) is 9.47 Å². The van der Waals surface area contributed by atoms with Gasteiger partial charge < -0.3 is 9.47 Å². The smallest absolute Gasteiger partial charge is 0.250 e.